The van der Waals surface area contributed by atoms with E-state index in [2.05, 4.69) is 17.1 Å². The van der Waals surface area contributed by atoms with Gasteiger partial charge in [0.1, 0.15) is 18.1 Å². The number of amides is 1. The second kappa shape index (κ2) is 6.06. The number of aromatic amines is 1. The highest BCUT2D eigenvalue weighted by atomic mass is 32.1. The molecule has 5 heteroatoms. The van der Waals surface area contributed by atoms with Gasteiger partial charge in [-0.1, -0.05) is 0 Å². The van der Waals surface area contributed by atoms with Crippen molar-refractivity contribution in [2.75, 3.05) is 11.6 Å². The molecule has 1 unspecified atom stereocenters. The second-order valence-corrected chi connectivity index (χ2v) is 7.70. The van der Waals surface area contributed by atoms with Crippen LogP contribution < -0.4 is 14.8 Å². The number of H-pyrrole nitrogens is 1. The lowest BCUT2D eigenvalue weighted by Crippen LogP contribution is -3.12. The molecule has 3 heterocycles. The number of aromatic nitrogens is 1. The fraction of sp³-hybridized carbons (Fsp3) is 0.444. The standard InChI is InChI=1S/C18H21N3OS/c1-13(22)21-12-20(10-14-6-8-19-9-7-14)11-16-15-4-2-3-5-17(15)23-18(16)21/h6-9H,2-5,10-12H2,1H3/p+2. The monoisotopic (exact) mass is 329 g/mol. The van der Waals surface area contributed by atoms with Gasteiger partial charge in [0.2, 0.25) is 5.91 Å². The van der Waals surface area contributed by atoms with Gasteiger partial charge in [-0.15, -0.1) is 11.3 Å². The molecule has 0 aromatic carbocycles. The van der Waals surface area contributed by atoms with E-state index in [9.17, 15) is 4.79 Å². The number of pyridine rings is 1. The summed E-state index contributed by atoms with van der Waals surface area (Å²) in [6.07, 6.45) is 8.92. The molecule has 0 fully saturated rings. The van der Waals surface area contributed by atoms with Gasteiger partial charge in [-0.25, -0.2) is 4.98 Å². The minimum absolute atomic E-state index is 0.170. The number of thiophene rings is 1. The van der Waals surface area contributed by atoms with E-state index in [1.807, 2.05) is 28.6 Å². The summed E-state index contributed by atoms with van der Waals surface area (Å²) in [6.45, 7) is 4.48. The Morgan fingerprint density at radius 2 is 2.04 bits per heavy atom. The van der Waals surface area contributed by atoms with Crippen LogP contribution in [-0.2, 0) is 30.7 Å². The molecular formula is C18H23N3OS+2. The second-order valence-electron chi connectivity index (χ2n) is 6.61. The molecule has 23 heavy (non-hydrogen) atoms. The third kappa shape index (κ3) is 2.79. The van der Waals surface area contributed by atoms with Crippen LogP contribution in [0.15, 0.2) is 24.5 Å². The number of hydrogen-bond donors (Lipinski definition) is 1. The summed E-state index contributed by atoms with van der Waals surface area (Å²) in [5.41, 5.74) is 4.32. The van der Waals surface area contributed by atoms with E-state index >= 15 is 0 Å². The first kappa shape index (κ1) is 14.8. The third-order valence-electron chi connectivity index (χ3n) is 4.93. The van der Waals surface area contributed by atoms with Crippen LogP contribution in [0.3, 0.4) is 0 Å². The van der Waals surface area contributed by atoms with Gasteiger partial charge in [-0.05, 0) is 31.2 Å². The highest BCUT2D eigenvalue weighted by Gasteiger charge is 2.34. The molecule has 0 saturated heterocycles. The van der Waals surface area contributed by atoms with E-state index < -0.39 is 0 Å². The van der Waals surface area contributed by atoms with Crippen molar-refractivity contribution in [3.05, 3.63) is 46.1 Å². The molecule has 4 rings (SSSR count). The number of hydrogen-bond acceptors (Lipinski definition) is 2. The van der Waals surface area contributed by atoms with Gasteiger partial charge in [-0.2, -0.15) is 0 Å². The van der Waals surface area contributed by atoms with Gasteiger partial charge in [0.15, 0.2) is 19.1 Å². The molecule has 0 saturated carbocycles. The number of nitrogens with zero attached hydrogens (tertiary/aromatic N) is 1. The number of quaternary nitrogens is 1. The molecule has 4 nitrogen and oxygen atoms in total. The van der Waals surface area contributed by atoms with E-state index in [4.69, 9.17) is 0 Å². The van der Waals surface area contributed by atoms with Crippen LogP contribution in [0.2, 0.25) is 0 Å². The fourth-order valence-electron chi connectivity index (χ4n) is 3.82. The summed E-state index contributed by atoms with van der Waals surface area (Å²) < 4.78 is 0. The lowest BCUT2D eigenvalue weighted by atomic mass is 9.94. The van der Waals surface area contributed by atoms with Crippen molar-refractivity contribution in [1.82, 2.24) is 0 Å². The molecule has 1 atom stereocenters. The van der Waals surface area contributed by atoms with Crippen molar-refractivity contribution in [3.8, 4) is 0 Å². The molecule has 2 N–H and O–H groups in total. The van der Waals surface area contributed by atoms with Crippen molar-refractivity contribution < 1.29 is 14.7 Å². The summed E-state index contributed by atoms with van der Waals surface area (Å²) in [6, 6.07) is 4.26. The van der Waals surface area contributed by atoms with Gasteiger partial charge >= 0.3 is 0 Å². The third-order valence-corrected chi connectivity index (χ3v) is 6.29. The van der Waals surface area contributed by atoms with E-state index in [-0.39, 0.29) is 5.91 Å². The zero-order valence-corrected chi connectivity index (χ0v) is 14.3. The Morgan fingerprint density at radius 3 is 2.83 bits per heavy atom. The van der Waals surface area contributed by atoms with Crippen molar-refractivity contribution in [1.29, 1.82) is 0 Å². The highest BCUT2D eigenvalue weighted by molar-refractivity contribution is 7.16. The number of carbonyl (C=O) groups is 1. The van der Waals surface area contributed by atoms with Gasteiger partial charge in [0, 0.05) is 35.1 Å². The molecule has 1 amide bonds. The van der Waals surface area contributed by atoms with Crippen molar-refractivity contribution in [2.45, 2.75) is 45.7 Å². The Labute approximate surface area is 140 Å². The maximum absolute atomic E-state index is 12.2. The number of anilines is 1. The predicted octanol–water partition coefficient (Wildman–Crippen LogP) is 1.35. The molecule has 0 spiro atoms. The molecule has 0 radical (unpaired) electrons. The summed E-state index contributed by atoms with van der Waals surface area (Å²) in [4.78, 5) is 20.2. The first-order chi connectivity index (χ1) is 11.2. The molecule has 2 aromatic heterocycles. The summed E-state index contributed by atoms with van der Waals surface area (Å²) in [5.74, 6) is 0.170. The SMILES string of the molecule is CC(=O)N1C[NH+](Cc2cc[nH+]cc2)Cc2c1sc1c2CCCC1. The van der Waals surface area contributed by atoms with E-state index in [1.54, 1.807) is 12.5 Å². The molecule has 2 aromatic rings. The molecule has 1 aliphatic heterocycles. The van der Waals surface area contributed by atoms with E-state index in [0.29, 0.717) is 0 Å². The largest absolute Gasteiger partial charge is 0.310 e. The minimum atomic E-state index is 0.170. The Morgan fingerprint density at radius 1 is 1.26 bits per heavy atom. The lowest BCUT2D eigenvalue weighted by molar-refractivity contribution is -0.928. The summed E-state index contributed by atoms with van der Waals surface area (Å²) >= 11 is 1.87. The Kier molecular flexibility index (Phi) is 3.91. The number of fused-ring (bicyclic) bond motifs is 3. The number of rotatable bonds is 2. The quantitative estimate of drug-likeness (QED) is 0.887. The number of aryl methyl sites for hydroxylation is 1. The zero-order valence-electron chi connectivity index (χ0n) is 13.5. The van der Waals surface area contributed by atoms with Gasteiger partial charge in [0.25, 0.3) is 0 Å². The van der Waals surface area contributed by atoms with Gasteiger partial charge in [0.05, 0.1) is 0 Å². The zero-order chi connectivity index (χ0) is 15.8. The van der Waals surface area contributed by atoms with Crippen LogP contribution in [0, 0.1) is 0 Å². The molecule has 2 aliphatic rings. The lowest BCUT2D eigenvalue weighted by Gasteiger charge is -2.32. The first-order valence-corrected chi connectivity index (χ1v) is 9.24. The molecular weight excluding hydrogens is 306 g/mol. The summed E-state index contributed by atoms with van der Waals surface area (Å²) in [5, 5.41) is 1.23. The number of nitrogens with one attached hydrogen (secondary N) is 2. The predicted molar refractivity (Wildman–Crippen MR) is 90.4 cm³/mol. The smallest absolute Gasteiger partial charge is 0.228 e. The van der Waals surface area contributed by atoms with Crippen LogP contribution in [0.25, 0.3) is 0 Å². The Bertz CT molecular complexity index is 725. The van der Waals surface area contributed by atoms with Gasteiger partial charge < -0.3 is 4.90 Å². The fourth-order valence-corrected chi connectivity index (χ4v) is 5.27. The minimum Gasteiger partial charge on any atom is -0.310 e. The molecule has 1 aliphatic carbocycles. The highest BCUT2D eigenvalue weighted by Crippen LogP contribution is 2.40. The Balaban J connectivity index is 1.66. The normalized spacial score (nSPS) is 20.0. The van der Waals surface area contributed by atoms with Crippen LogP contribution >= 0.6 is 11.3 Å². The topological polar surface area (TPSA) is 38.9 Å². The number of carbonyl (C=O) groups excluding carboxylic acids is 1. The Hall–Kier alpha value is -1.72. The maximum atomic E-state index is 12.2. The van der Waals surface area contributed by atoms with Crippen LogP contribution in [0.1, 0.15) is 41.3 Å². The van der Waals surface area contributed by atoms with Crippen molar-refractivity contribution in [3.63, 3.8) is 0 Å². The van der Waals surface area contributed by atoms with E-state index in [0.717, 1.165) is 19.8 Å². The van der Waals surface area contributed by atoms with Crippen LogP contribution in [0.4, 0.5) is 5.00 Å². The van der Waals surface area contributed by atoms with Gasteiger partial charge in [-0.3, -0.25) is 9.69 Å². The average Bonchev–Trinajstić information content (AvgIpc) is 2.93. The van der Waals surface area contributed by atoms with Crippen molar-refractivity contribution >= 4 is 22.2 Å². The summed E-state index contributed by atoms with van der Waals surface area (Å²) in [7, 11) is 0. The van der Waals surface area contributed by atoms with Crippen LogP contribution in [0.5, 0.6) is 0 Å². The van der Waals surface area contributed by atoms with Crippen molar-refractivity contribution in [2.24, 2.45) is 0 Å². The van der Waals surface area contributed by atoms with E-state index in [1.165, 1.54) is 51.6 Å². The average molecular weight is 329 g/mol. The first-order valence-electron chi connectivity index (χ1n) is 8.42. The van der Waals surface area contributed by atoms with Crippen LogP contribution in [-0.4, -0.2) is 12.6 Å². The molecule has 120 valence electrons. The maximum Gasteiger partial charge on any atom is 0.228 e. The molecule has 0 bridgehead atoms.